The van der Waals surface area contributed by atoms with Gasteiger partial charge in [0.25, 0.3) is 0 Å². The fourth-order valence-electron chi connectivity index (χ4n) is 2.05. The zero-order chi connectivity index (χ0) is 15.1. The summed E-state index contributed by atoms with van der Waals surface area (Å²) in [5, 5.41) is 4.27. The minimum absolute atomic E-state index is 0.194. The molecular weight excluding hydrogens is 305 g/mol. The van der Waals surface area contributed by atoms with E-state index in [0.717, 1.165) is 28.6 Å². The lowest BCUT2D eigenvalue weighted by atomic mass is 10.1. The van der Waals surface area contributed by atoms with Crippen LogP contribution in [0.15, 0.2) is 53.4 Å². The summed E-state index contributed by atoms with van der Waals surface area (Å²) in [6, 6.07) is 14.8. The molecule has 0 saturated carbocycles. The highest BCUT2D eigenvalue weighted by Gasteiger charge is 2.11. The van der Waals surface area contributed by atoms with Crippen LogP contribution in [0.5, 0.6) is 0 Å². The van der Waals surface area contributed by atoms with E-state index in [0.29, 0.717) is 0 Å². The Bertz CT molecular complexity index is 576. The summed E-state index contributed by atoms with van der Waals surface area (Å²) < 4.78 is 13.2. The summed E-state index contributed by atoms with van der Waals surface area (Å²) in [6.07, 6.45) is 1.07. The van der Waals surface area contributed by atoms with Gasteiger partial charge in [0.05, 0.1) is 0 Å². The number of thioether (sulfide) groups is 1. The van der Waals surface area contributed by atoms with E-state index in [1.165, 1.54) is 11.6 Å². The molecule has 4 heteroatoms. The van der Waals surface area contributed by atoms with E-state index in [2.05, 4.69) is 18.3 Å². The molecule has 21 heavy (non-hydrogen) atoms. The van der Waals surface area contributed by atoms with Gasteiger partial charge < -0.3 is 5.32 Å². The maximum absolute atomic E-state index is 13.2. The summed E-state index contributed by atoms with van der Waals surface area (Å²) >= 11 is 7.72. The summed E-state index contributed by atoms with van der Waals surface area (Å²) in [5.74, 6) is 0.643. The summed E-state index contributed by atoms with van der Waals surface area (Å²) in [4.78, 5) is 0.945. The van der Waals surface area contributed by atoms with Crippen molar-refractivity contribution >= 4 is 23.4 Å². The van der Waals surface area contributed by atoms with Gasteiger partial charge in [0.15, 0.2) is 0 Å². The van der Waals surface area contributed by atoms with Crippen molar-refractivity contribution in [3.63, 3.8) is 0 Å². The SMILES string of the molecule is CCCNC(CSc1cccc(F)c1)c1cccc(Cl)c1. The number of rotatable bonds is 7. The highest BCUT2D eigenvalue weighted by molar-refractivity contribution is 7.99. The minimum atomic E-state index is -0.194. The lowest BCUT2D eigenvalue weighted by Crippen LogP contribution is -2.24. The molecule has 0 amide bonds. The zero-order valence-electron chi connectivity index (χ0n) is 12.0. The van der Waals surface area contributed by atoms with Gasteiger partial charge in [0.2, 0.25) is 0 Å². The first-order valence-corrected chi connectivity index (χ1v) is 8.42. The van der Waals surface area contributed by atoms with Crippen molar-refractivity contribution in [3.05, 3.63) is 64.9 Å². The zero-order valence-corrected chi connectivity index (χ0v) is 13.6. The second-order valence-electron chi connectivity index (χ2n) is 4.83. The quantitative estimate of drug-likeness (QED) is 0.693. The van der Waals surface area contributed by atoms with Gasteiger partial charge in [-0.3, -0.25) is 0 Å². The first kappa shape index (κ1) is 16.3. The van der Waals surface area contributed by atoms with Crippen LogP contribution < -0.4 is 5.32 Å². The van der Waals surface area contributed by atoms with E-state index >= 15 is 0 Å². The Morgan fingerprint density at radius 1 is 1.19 bits per heavy atom. The van der Waals surface area contributed by atoms with Crippen molar-refractivity contribution in [2.45, 2.75) is 24.3 Å². The van der Waals surface area contributed by atoms with Crippen LogP contribution >= 0.6 is 23.4 Å². The van der Waals surface area contributed by atoms with Crippen LogP contribution in [0.1, 0.15) is 24.9 Å². The second-order valence-corrected chi connectivity index (χ2v) is 6.36. The molecule has 1 N–H and O–H groups in total. The standard InChI is InChI=1S/C17H19ClFNS/c1-2-9-20-17(13-5-3-6-14(18)10-13)12-21-16-8-4-7-15(19)11-16/h3-8,10-11,17,20H,2,9,12H2,1H3. The van der Waals surface area contributed by atoms with Gasteiger partial charge in [-0.05, 0) is 48.9 Å². The van der Waals surface area contributed by atoms with Crippen LogP contribution in [0.4, 0.5) is 4.39 Å². The maximum Gasteiger partial charge on any atom is 0.124 e. The van der Waals surface area contributed by atoms with E-state index in [-0.39, 0.29) is 11.9 Å². The molecule has 1 nitrogen and oxygen atoms in total. The molecule has 2 aromatic rings. The van der Waals surface area contributed by atoms with Crippen LogP contribution in [-0.4, -0.2) is 12.3 Å². The number of nitrogens with one attached hydrogen (secondary N) is 1. The van der Waals surface area contributed by atoms with Crippen LogP contribution in [-0.2, 0) is 0 Å². The molecule has 0 aliphatic carbocycles. The van der Waals surface area contributed by atoms with Crippen molar-refractivity contribution < 1.29 is 4.39 Å². The molecule has 1 unspecified atom stereocenters. The molecule has 1 atom stereocenters. The molecule has 0 aliphatic rings. The highest BCUT2D eigenvalue weighted by atomic mass is 35.5. The average molecular weight is 324 g/mol. The van der Waals surface area contributed by atoms with Gasteiger partial charge in [0, 0.05) is 21.7 Å². The fourth-order valence-corrected chi connectivity index (χ4v) is 3.29. The summed E-state index contributed by atoms with van der Waals surface area (Å²) in [5.41, 5.74) is 1.17. The first-order chi connectivity index (χ1) is 10.2. The lowest BCUT2D eigenvalue weighted by Gasteiger charge is -2.19. The fraction of sp³-hybridized carbons (Fsp3) is 0.294. The van der Waals surface area contributed by atoms with Crippen LogP contribution in [0.2, 0.25) is 5.02 Å². The van der Waals surface area contributed by atoms with Gasteiger partial charge >= 0.3 is 0 Å². The Labute approximate surface area is 134 Å². The van der Waals surface area contributed by atoms with Crippen molar-refractivity contribution in [1.82, 2.24) is 5.32 Å². The van der Waals surface area contributed by atoms with Gasteiger partial charge in [-0.1, -0.05) is 36.7 Å². The topological polar surface area (TPSA) is 12.0 Å². The van der Waals surface area contributed by atoms with Crippen molar-refractivity contribution in [2.75, 3.05) is 12.3 Å². The Kier molecular flexibility index (Phi) is 6.55. The lowest BCUT2D eigenvalue weighted by molar-refractivity contribution is 0.577. The smallest absolute Gasteiger partial charge is 0.124 e. The largest absolute Gasteiger partial charge is 0.309 e. The molecule has 2 aromatic carbocycles. The molecule has 2 rings (SSSR count). The molecule has 0 bridgehead atoms. The molecular formula is C17H19ClFNS. The van der Waals surface area contributed by atoms with E-state index in [1.807, 2.05) is 24.3 Å². The van der Waals surface area contributed by atoms with Gasteiger partial charge in [0.1, 0.15) is 5.82 Å². The van der Waals surface area contributed by atoms with Gasteiger partial charge in [-0.2, -0.15) is 0 Å². The van der Waals surface area contributed by atoms with Crippen molar-refractivity contribution in [3.8, 4) is 0 Å². The summed E-state index contributed by atoms with van der Waals surface area (Å²) in [7, 11) is 0. The summed E-state index contributed by atoms with van der Waals surface area (Å²) in [6.45, 7) is 3.09. The van der Waals surface area contributed by atoms with Crippen molar-refractivity contribution in [2.24, 2.45) is 0 Å². The Morgan fingerprint density at radius 3 is 2.71 bits per heavy atom. The third-order valence-electron chi connectivity index (χ3n) is 3.10. The van der Waals surface area contributed by atoms with E-state index in [4.69, 9.17) is 11.6 Å². The van der Waals surface area contributed by atoms with Crippen LogP contribution in [0, 0.1) is 5.82 Å². The average Bonchev–Trinajstić information content (AvgIpc) is 2.47. The van der Waals surface area contributed by atoms with E-state index in [1.54, 1.807) is 23.9 Å². The van der Waals surface area contributed by atoms with Gasteiger partial charge in [-0.25, -0.2) is 4.39 Å². The second kappa shape index (κ2) is 8.42. The molecule has 0 saturated heterocycles. The maximum atomic E-state index is 13.2. The Balaban J connectivity index is 2.06. The van der Waals surface area contributed by atoms with Crippen LogP contribution in [0.25, 0.3) is 0 Å². The molecule has 0 spiro atoms. The molecule has 0 aliphatic heterocycles. The van der Waals surface area contributed by atoms with Gasteiger partial charge in [-0.15, -0.1) is 11.8 Å². The Morgan fingerprint density at radius 2 is 2.00 bits per heavy atom. The third-order valence-corrected chi connectivity index (χ3v) is 4.43. The third kappa shape index (κ3) is 5.34. The first-order valence-electron chi connectivity index (χ1n) is 7.06. The number of halogens is 2. The predicted molar refractivity (Wildman–Crippen MR) is 89.6 cm³/mol. The van der Waals surface area contributed by atoms with E-state index in [9.17, 15) is 4.39 Å². The highest BCUT2D eigenvalue weighted by Crippen LogP contribution is 2.26. The van der Waals surface area contributed by atoms with Crippen molar-refractivity contribution in [1.29, 1.82) is 0 Å². The monoisotopic (exact) mass is 323 g/mol. The minimum Gasteiger partial charge on any atom is -0.309 e. The molecule has 112 valence electrons. The number of benzene rings is 2. The van der Waals surface area contributed by atoms with E-state index < -0.39 is 0 Å². The predicted octanol–water partition coefficient (Wildman–Crippen LogP) is 5.31. The molecule has 0 radical (unpaired) electrons. The number of hydrogen-bond acceptors (Lipinski definition) is 2. The molecule has 0 heterocycles. The molecule has 0 aromatic heterocycles. The molecule has 0 fully saturated rings. The Hall–Kier alpha value is -1.03. The normalized spacial score (nSPS) is 12.3. The number of hydrogen-bond donors (Lipinski definition) is 1. The van der Waals surface area contributed by atoms with Crippen LogP contribution in [0.3, 0.4) is 0 Å².